The molecule has 0 amide bonds. The fourth-order valence-electron chi connectivity index (χ4n) is 4.74. The maximum Gasteiger partial charge on any atom is 0.306 e. The van der Waals surface area contributed by atoms with Gasteiger partial charge in [-0.25, -0.2) is 9.97 Å². The monoisotopic (exact) mass is 530 g/mol. The van der Waals surface area contributed by atoms with Crippen LogP contribution in [0, 0.1) is 5.92 Å². The van der Waals surface area contributed by atoms with Gasteiger partial charge in [-0.15, -0.1) is 0 Å². The minimum absolute atomic E-state index is 0.147. The van der Waals surface area contributed by atoms with Gasteiger partial charge in [0.1, 0.15) is 24.8 Å². The fraction of sp³-hybridized carbons (Fsp3) is 0.444. The molecule has 1 fully saturated rings. The average molecular weight is 531 g/mol. The Balaban J connectivity index is 1.70. The van der Waals surface area contributed by atoms with Gasteiger partial charge in [-0.1, -0.05) is 18.2 Å². The summed E-state index contributed by atoms with van der Waals surface area (Å²) < 4.78 is 39.2. The third-order valence-electron chi connectivity index (χ3n) is 6.86. The van der Waals surface area contributed by atoms with Crippen LogP contribution in [-0.2, 0) is 22.1 Å². The molecule has 0 spiro atoms. The largest absolute Gasteiger partial charge is 0.495 e. The number of carboxylic acids is 1. The number of rotatable bonds is 10. The van der Waals surface area contributed by atoms with E-state index in [4.69, 9.17) is 4.74 Å². The second kappa shape index (κ2) is 11.4. The Bertz CT molecular complexity index is 1300. The Morgan fingerprint density at radius 1 is 1.21 bits per heavy atom. The molecule has 1 aliphatic rings. The van der Waals surface area contributed by atoms with Gasteiger partial charge in [0.15, 0.2) is 5.82 Å². The van der Waals surface area contributed by atoms with Gasteiger partial charge in [0.05, 0.1) is 24.2 Å². The minimum Gasteiger partial charge on any atom is -0.495 e. The standard InChI is InChI=1S/C27H32F2N4O5/c1-16(18-5-4-6-19(11-18)27(28,29)15-37-2)30-25-20-12-22(33-9-7-17(8-10-33)26(35)36)23(38-3)13-21(20)31-24(14-34)32-25/h4-6,11-13,16-17,34H,7-10,14-15H2,1-3H3,(H,35,36)(H,30,31,32)/t16-/m1/s1. The molecule has 204 valence electrons. The van der Waals surface area contributed by atoms with Gasteiger partial charge in [0.2, 0.25) is 0 Å². The molecule has 0 aliphatic carbocycles. The van der Waals surface area contributed by atoms with Crippen LogP contribution in [0.5, 0.6) is 5.75 Å². The number of hydrogen-bond acceptors (Lipinski definition) is 8. The molecule has 0 saturated carbocycles. The van der Waals surface area contributed by atoms with Crippen LogP contribution in [0.2, 0.25) is 0 Å². The second-order valence-electron chi connectivity index (χ2n) is 9.42. The van der Waals surface area contributed by atoms with Crippen molar-refractivity contribution in [2.75, 3.05) is 44.1 Å². The Kier molecular flexibility index (Phi) is 8.27. The van der Waals surface area contributed by atoms with Gasteiger partial charge in [0, 0.05) is 43.3 Å². The molecule has 1 saturated heterocycles. The van der Waals surface area contributed by atoms with E-state index in [-0.39, 0.29) is 23.9 Å². The zero-order chi connectivity index (χ0) is 27.4. The molecule has 0 unspecified atom stereocenters. The molecular formula is C27H32F2N4O5. The van der Waals surface area contributed by atoms with Crippen LogP contribution in [-0.4, -0.2) is 60.1 Å². The first-order valence-corrected chi connectivity index (χ1v) is 12.4. The summed E-state index contributed by atoms with van der Waals surface area (Å²) in [4.78, 5) is 22.4. The molecule has 0 radical (unpaired) electrons. The van der Waals surface area contributed by atoms with Gasteiger partial charge >= 0.3 is 5.97 Å². The number of methoxy groups -OCH3 is 2. The molecule has 11 heteroatoms. The van der Waals surface area contributed by atoms with Crippen molar-refractivity contribution in [2.45, 2.75) is 38.3 Å². The first-order valence-electron chi connectivity index (χ1n) is 12.4. The van der Waals surface area contributed by atoms with Gasteiger partial charge in [0.25, 0.3) is 5.92 Å². The number of carboxylic acid groups (broad SMARTS) is 1. The number of hydrogen-bond donors (Lipinski definition) is 3. The van der Waals surface area contributed by atoms with E-state index in [1.54, 1.807) is 25.3 Å². The van der Waals surface area contributed by atoms with Crippen molar-refractivity contribution in [3.63, 3.8) is 0 Å². The van der Waals surface area contributed by atoms with Crippen LogP contribution in [0.15, 0.2) is 36.4 Å². The summed E-state index contributed by atoms with van der Waals surface area (Å²) in [7, 11) is 2.79. The van der Waals surface area contributed by atoms with Crippen molar-refractivity contribution in [1.82, 2.24) is 9.97 Å². The maximum atomic E-state index is 14.5. The van der Waals surface area contributed by atoms with E-state index >= 15 is 0 Å². The van der Waals surface area contributed by atoms with Crippen LogP contribution in [0.4, 0.5) is 20.3 Å². The molecule has 0 bridgehead atoms. The Morgan fingerprint density at radius 2 is 1.95 bits per heavy atom. The number of piperidine rings is 1. The van der Waals surface area contributed by atoms with Crippen molar-refractivity contribution >= 4 is 28.4 Å². The molecule has 2 aromatic carbocycles. The fourth-order valence-corrected chi connectivity index (χ4v) is 4.74. The molecule has 9 nitrogen and oxygen atoms in total. The van der Waals surface area contributed by atoms with Crippen LogP contribution >= 0.6 is 0 Å². The molecule has 38 heavy (non-hydrogen) atoms. The lowest BCUT2D eigenvalue weighted by Crippen LogP contribution is -2.36. The first kappa shape index (κ1) is 27.5. The number of alkyl halides is 2. The van der Waals surface area contributed by atoms with Gasteiger partial charge in [-0.3, -0.25) is 4.79 Å². The number of ether oxygens (including phenoxy) is 2. The van der Waals surface area contributed by atoms with E-state index in [0.717, 1.165) is 5.69 Å². The number of aliphatic hydroxyl groups is 1. The average Bonchev–Trinajstić information content (AvgIpc) is 2.92. The molecule has 3 N–H and O–H groups in total. The van der Waals surface area contributed by atoms with E-state index in [1.807, 2.05) is 13.0 Å². The number of aliphatic carboxylic acids is 1. The van der Waals surface area contributed by atoms with Gasteiger partial charge in [-0.05, 0) is 37.5 Å². The maximum absolute atomic E-state index is 14.5. The van der Waals surface area contributed by atoms with Crippen molar-refractivity contribution < 1.29 is 33.3 Å². The van der Waals surface area contributed by atoms with Gasteiger partial charge in [-0.2, -0.15) is 8.78 Å². The van der Waals surface area contributed by atoms with Gasteiger partial charge < -0.3 is 29.9 Å². The molecule has 1 aromatic heterocycles. The van der Waals surface area contributed by atoms with Crippen molar-refractivity contribution in [3.8, 4) is 5.75 Å². The summed E-state index contributed by atoms with van der Waals surface area (Å²) in [5.41, 5.74) is 1.80. The summed E-state index contributed by atoms with van der Waals surface area (Å²) in [5.74, 6) is -3.09. The highest BCUT2D eigenvalue weighted by Gasteiger charge is 2.32. The number of benzene rings is 2. The molecule has 3 aromatic rings. The zero-order valence-electron chi connectivity index (χ0n) is 21.6. The summed E-state index contributed by atoms with van der Waals surface area (Å²) in [6.07, 6.45) is 1.03. The highest BCUT2D eigenvalue weighted by atomic mass is 19.3. The van der Waals surface area contributed by atoms with Crippen molar-refractivity contribution in [3.05, 3.63) is 53.3 Å². The van der Waals surface area contributed by atoms with E-state index in [2.05, 4.69) is 24.9 Å². The van der Waals surface area contributed by atoms with Crippen LogP contribution in [0.3, 0.4) is 0 Å². The predicted molar refractivity (Wildman–Crippen MR) is 139 cm³/mol. The number of nitrogens with one attached hydrogen (secondary N) is 1. The van der Waals surface area contributed by atoms with Crippen LogP contribution in [0.25, 0.3) is 10.9 Å². The second-order valence-corrected chi connectivity index (χ2v) is 9.42. The van der Waals surface area contributed by atoms with E-state index in [9.17, 15) is 23.8 Å². The minimum atomic E-state index is -3.13. The lowest BCUT2D eigenvalue weighted by Gasteiger charge is -2.33. The number of aliphatic hydroxyl groups excluding tert-OH is 1. The van der Waals surface area contributed by atoms with Crippen molar-refractivity contribution in [1.29, 1.82) is 0 Å². The third kappa shape index (κ3) is 5.78. The lowest BCUT2D eigenvalue weighted by molar-refractivity contribution is -0.142. The van der Waals surface area contributed by atoms with E-state index in [1.165, 1.54) is 19.2 Å². The molecule has 2 heterocycles. The van der Waals surface area contributed by atoms with E-state index < -0.39 is 24.5 Å². The topological polar surface area (TPSA) is 117 Å². The van der Waals surface area contributed by atoms with Crippen molar-refractivity contribution in [2.24, 2.45) is 5.92 Å². The predicted octanol–water partition coefficient (Wildman–Crippen LogP) is 4.34. The number of halogens is 2. The Morgan fingerprint density at radius 3 is 2.58 bits per heavy atom. The number of carbonyl (C=O) groups is 1. The lowest BCUT2D eigenvalue weighted by atomic mass is 9.96. The number of fused-ring (bicyclic) bond motifs is 1. The Labute approximate surface area is 219 Å². The quantitative estimate of drug-likeness (QED) is 0.352. The van der Waals surface area contributed by atoms with Crippen LogP contribution < -0.4 is 15.0 Å². The number of aromatic nitrogens is 2. The Hall–Kier alpha value is -3.57. The highest BCUT2D eigenvalue weighted by Crippen LogP contribution is 2.38. The highest BCUT2D eigenvalue weighted by molar-refractivity contribution is 5.94. The normalized spacial score (nSPS) is 15.5. The molecule has 1 aliphatic heterocycles. The number of nitrogens with zero attached hydrogens (tertiary/aromatic N) is 3. The summed E-state index contributed by atoms with van der Waals surface area (Å²) in [5, 5.41) is 23.1. The summed E-state index contributed by atoms with van der Waals surface area (Å²) >= 11 is 0. The van der Waals surface area contributed by atoms with E-state index in [0.29, 0.717) is 54.0 Å². The number of anilines is 2. The molecular weight excluding hydrogens is 498 g/mol. The summed E-state index contributed by atoms with van der Waals surface area (Å²) in [6.45, 7) is 1.83. The SMILES string of the molecule is COCC(F)(F)c1cccc([C@@H](C)Nc2nc(CO)nc3cc(OC)c(N4CCC(C(=O)O)CC4)cc23)c1. The third-order valence-corrected chi connectivity index (χ3v) is 6.86. The van der Waals surface area contributed by atoms with Crippen LogP contribution in [0.1, 0.15) is 42.8 Å². The molecule has 4 rings (SSSR count). The summed E-state index contributed by atoms with van der Waals surface area (Å²) in [6, 6.07) is 9.37. The first-order chi connectivity index (χ1) is 18.2. The smallest absolute Gasteiger partial charge is 0.306 e. The zero-order valence-corrected chi connectivity index (χ0v) is 21.6. The molecule has 1 atom stereocenters.